The molecule has 0 saturated heterocycles. The number of nitrogen functional groups attached to an aromatic ring is 1. The summed E-state index contributed by atoms with van der Waals surface area (Å²) < 4.78 is 50.2. The Balaban J connectivity index is 2.90. The molecule has 0 fully saturated rings. The smallest absolute Gasteiger partial charge is 0.251 e. The molecule has 98 valence electrons. The Morgan fingerprint density at radius 3 is 2.76 bits per heavy atom. The van der Waals surface area contributed by atoms with Crippen molar-refractivity contribution in [2.24, 2.45) is 0 Å². The molecule has 0 unspecified atom stereocenters. The highest BCUT2D eigenvalue weighted by Gasteiger charge is 2.22. The van der Waals surface area contributed by atoms with Gasteiger partial charge >= 0.3 is 0 Å². The zero-order valence-corrected chi connectivity index (χ0v) is 10.0. The van der Waals surface area contributed by atoms with E-state index in [1.165, 1.54) is 10.9 Å². The number of anilines is 1. The van der Waals surface area contributed by atoms with Gasteiger partial charge in [-0.05, 0) is 6.42 Å². The van der Waals surface area contributed by atoms with E-state index >= 15 is 0 Å². The Kier molecular flexibility index (Phi) is 4.40. The molecule has 0 aromatic carbocycles. The third-order valence-electron chi connectivity index (χ3n) is 1.92. The standard InChI is InChI=1S/C8H14F2N4O2S/c1-2-3-14-5-6(8(11)13-14)17(15,16)12-4-7(9)10/h5,7,12H,2-4H2,1H3,(H2,11,13). The molecule has 1 rings (SSSR count). The van der Waals surface area contributed by atoms with Gasteiger partial charge < -0.3 is 5.73 Å². The van der Waals surface area contributed by atoms with Crippen LogP contribution in [0.3, 0.4) is 0 Å². The molecule has 0 atom stereocenters. The van der Waals surface area contributed by atoms with E-state index in [0.29, 0.717) is 6.54 Å². The van der Waals surface area contributed by atoms with Crippen molar-refractivity contribution in [2.75, 3.05) is 12.3 Å². The van der Waals surface area contributed by atoms with Crippen LogP contribution < -0.4 is 10.5 Å². The minimum Gasteiger partial charge on any atom is -0.381 e. The zero-order chi connectivity index (χ0) is 13.1. The number of nitrogens with two attached hydrogens (primary N) is 1. The highest BCUT2D eigenvalue weighted by Crippen LogP contribution is 2.16. The SMILES string of the molecule is CCCn1cc(S(=O)(=O)NCC(F)F)c(N)n1. The lowest BCUT2D eigenvalue weighted by atomic mass is 10.5. The van der Waals surface area contributed by atoms with Crippen LogP contribution in [-0.2, 0) is 16.6 Å². The second kappa shape index (κ2) is 5.41. The second-order valence-corrected chi connectivity index (χ2v) is 5.12. The van der Waals surface area contributed by atoms with Crippen molar-refractivity contribution in [2.45, 2.75) is 31.2 Å². The molecule has 1 aromatic rings. The Morgan fingerprint density at radius 2 is 2.24 bits per heavy atom. The average Bonchev–Trinajstić information content (AvgIpc) is 2.58. The Bertz CT molecular complexity index is 472. The van der Waals surface area contributed by atoms with Crippen molar-refractivity contribution >= 4 is 15.8 Å². The third kappa shape index (κ3) is 3.63. The van der Waals surface area contributed by atoms with E-state index in [0.717, 1.165) is 6.42 Å². The number of hydrogen-bond donors (Lipinski definition) is 2. The molecule has 0 aliphatic rings. The maximum absolute atomic E-state index is 11.9. The molecule has 6 nitrogen and oxygen atoms in total. The summed E-state index contributed by atoms with van der Waals surface area (Å²) in [6.07, 6.45) is -0.769. The quantitative estimate of drug-likeness (QED) is 0.782. The fourth-order valence-corrected chi connectivity index (χ4v) is 2.30. The van der Waals surface area contributed by atoms with Gasteiger partial charge in [-0.2, -0.15) is 5.10 Å². The molecule has 17 heavy (non-hydrogen) atoms. The molecule has 0 saturated carbocycles. The second-order valence-electron chi connectivity index (χ2n) is 3.38. The molecule has 3 N–H and O–H groups in total. The van der Waals surface area contributed by atoms with Gasteiger partial charge in [-0.15, -0.1) is 0 Å². The van der Waals surface area contributed by atoms with E-state index in [1.807, 2.05) is 6.92 Å². The van der Waals surface area contributed by atoms with E-state index in [2.05, 4.69) is 5.10 Å². The highest BCUT2D eigenvalue weighted by molar-refractivity contribution is 7.89. The number of nitrogens with zero attached hydrogens (tertiary/aromatic N) is 2. The predicted molar refractivity (Wildman–Crippen MR) is 58.1 cm³/mol. The van der Waals surface area contributed by atoms with Gasteiger partial charge in [-0.1, -0.05) is 6.92 Å². The first-order chi connectivity index (χ1) is 7.86. The van der Waals surface area contributed by atoms with Gasteiger partial charge in [0.1, 0.15) is 4.90 Å². The summed E-state index contributed by atoms with van der Waals surface area (Å²) in [7, 11) is -4.02. The number of aromatic nitrogens is 2. The Labute approximate surface area is 97.8 Å². The maximum Gasteiger partial charge on any atom is 0.251 e. The molecule has 0 spiro atoms. The first kappa shape index (κ1) is 13.8. The summed E-state index contributed by atoms with van der Waals surface area (Å²) in [5.74, 6) is -0.194. The van der Waals surface area contributed by atoms with E-state index in [4.69, 9.17) is 5.73 Å². The summed E-state index contributed by atoms with van der Waals surface area (Å²) in [6.45, 7) is 1.45. The van der Waals surface area contributed by atoms with Crippen molar-refractivity contribution in [3.8, 4) is 0 Å². The van der Waals surface area contributed by atoms with Crippen molar-refractivity contribution in [3.63, 3.8) is 0 Å². The van der Waals surface area contributed by atoms with Crippen molar-refractivity contribution in [1.29, 1.82) is 0 Å². The number of alkyl halides is 2. The molecular weight excluding hydrogens is 254 g/mol. The van der Waals surface area contributed by atoms with E-state index < -0.39 is 23.0 Å². The van der Waals surface area contributed by atoms with E-state index in [-0.39, 0.29) is 10.7 Å². The van der Waals surface area contributed by atoms with Crippen molar-refractivity contribution in [3.05, 3.63) is 6.20 Å². The summed E-state index contributed by atoms with van der Waals surface area (Å²) in [6, 6.07) is 0. The van der Waals surface area contributed by atoms with Crippen molar-refractivity contribution < 1.29 is 17.2 Å². The van der Waals surface area contributed by atoms with Crippen LogP contribution in [0.4, 0.5) is 14.6 Å². The topological polar surface area (TPSA) is 90.0 Å². The molecular formula is C8H14F2N4O2S. The summed E-state index contributed by atoms with van der Waals surface area (Å²) >= 11 is 0. The van der Waals surface area contributed by atoms with Crippen LogP contribution in [0.5, 0.6) is 0 Å². The molecule has 1 heterocycles. The lowest BCUT2D eigenvalue weighted by molar-refractivity contribution is 0.153. The number of sulfonamides is 1. The molecule has 0 bridgehead atoms. The van der Waals surface area contributed by atoms with Gasteiger partial charge in [0.15, 0.2) is 5.82 Å². The lowest BCUT2D eigenvalue weighted by Gasteiger charge is -2.03. The first-order valence-electron chi connectivity index (χ1n) is 4.97. The first-order valence-corrected chi connectivity index (χ1v) is 6.46. The van der Waals surface area contributed by atoms with Crippen LogP contribution in [-0.4, -0.2) is 31.2 Å². The van der Waals surface area contributed by atoms with Crippen LogP contribution in [0.2, 0.25) is 0 Å². The van der Waals surface area contributed by atoms with Crippen LogP contribution in [0, 0.1) is 0 Å². The van der Waals surface area contributed by atoms with E-state index in [9.17, 15) is 17.2 Å². The van der Waals surface area contributed by atoms with Crippen LogP contribution >= 0.6 is 0 Å². The largest absolute Gasteiger partial charge is 0.381 e. The highest BCUT2D eigenvalue weighted by atomic mass is 32.2. The minimum absolute atomic E-state index is 0.194. The summed E-state index contributed by atoms with van der Waals surface area (Å²) in [4.78, 5) is -0.272. The van der Waals surface area contributed by atoms with Crippen LogP contribution in [0.1, 0.15) is 13.3 Å². The van der Waals surface area contributed by atoms with Crippen LogP contribution in [0.25, 0.3) is 0 Å². The maximum atomic E-state index is 11.9. The van der Waals surface area contributed by atoms with Crippen LogP contribution in [0.15, 0.2) is 11.1 Å². The van der Waals surface area contributed by atoms with E-state index in [1.54, 1.807) is 4.72 Å². The molecule has 0 aliphatic heterocycles. The average molecular weight is 268 g/mol. The predicted octanol–water partition coefficient (Wildman–Crippen LogP) is 0.419. The number of nitrogens with one attached hydrogen (secondary N) is 1. The Hall–Kier alpha value is -1.22. The molecule has 9 heteroatoms. The number of rotatable bonds is 6. The third-order valence-corrected chi connectivity index (χ3v) is 3.37. The van der Waals surface area contributed by atoms with Gasteiger partial charge in [0.2, 0.25) is 10.0 Å². The molecule has 0 radical (unpaired) electrons. The zero-order valence-electron chi connectivity index (χ0n) is 9.23. The van der Waals surface area contributed by atoms with Crippen molar-refractivity contribution in [1.82, 2.24) is 14.5 Å². The van der Waals surface area contributed by atoms with Gasteiger partial charge in [0.25, 0.3) is 6.43 Å². The van der Waals surface area contributed by atoms with Gasteiger partial charge in [-0.3, -0.25) is 4.68 Å². The number of hydrogen-bond acceptors (Lipinski definition) is 4. The minimum atomic E-state index is -4.02. The Morgan fingerprint density at radius 1 is 1.59 bits per heavy atom. The summed E-state index contributed by atoms with van der Waals surface area (Å²) in [5, 5.41) is 3.78. The monoisotopic (exact) mass is 268 g/mol. The molecule has 0 aliphatic carbocycles. The number of aryl methyl sites for hydroxylation is 1. The fourth-order valence-electron chi connectivity index (χ4n) is 1.22. The van der Waals surface area contributed by atoms with Gasteiger partial charge in [-0.25, -0.2) is 21.9 Å². The lowest BCUT2D eigenvalue weighted by Crippen LogP contribution is -2.28. The molecule has 0 amide bonds. The normalized spacial score (nSPS) is 12.2. The molecule has 1 aromatic heterocycles. The van der Waals surface area contributed by atoms with Gasteiger partial charge in [0.05, 0.1) is 6.54 Å². The fraction of sp³-hybridized carbons (Fsp3) is 0.625. The number of halogens is 2. The van der Waals surface area contributed by atoms with Gasteiger partial charge in [0, 0.05) is 12.7 Å². The summed E-state index contributed by atoms with van der Waals surface area (Å²) in [5.41, 5.74) is 5.43.